The number of nitrogens with zero attached hydrogens (tertiary/aromatic N) is 2. The van der Waals surface area contributed by atoms with E-state index in [2.05, 4.69) is 0 Å². The quantitative estimate of drug-likeness (QED) is 0.848. The Kier molecular flexibility index (Phi) is 3.28. The molecule has 0 radical (unpaired) electrons. The number of amides is 1. The van der Waals surface area contributed by atoms with E-state index >= 15 is 0 Å². The van der Waals surface area contributed by atoms with Gasteiger partial charge in [-0.05, 0) is 37.1 Å². The van der Waals surface area contributed by atoms with Gasteiger partial charge in [-0.2, -0.15) is 5.26 Å². The zero-order valence-electron chi connectivity index (χ0n) is 9.67. The Labute approximate surface area is 104 Å². The van der Waals surface area contributed by atoms with Gasteiger partial charge in [0, 0.05) is 12.1 Å². The molecule has 1 fully saturated rings. The van der Waals surface area contributed by atoms with Crippen LogP contribution in [0.3, 0.4) is 0 Å². The third-order valence-electron chi connectivity index (χ3n) is 3.06. The summed E-state index contributed by atoms with van der Waals surface area (Å²) in [6, 6.07) is 7.46. The molecule has 5 nitrogen and oxygen atoms in total. The maximum absolute atomic E-state index is 12.1. The molecular formula is C13H12N2O3. The number of hydrogen-bond donors (Lipinski definition) is 1. The average molecular weight is 244 g/mol. The first-order valence-corrected chi connectivity index (χ1v) is 5.67. The predicted octanol–water partition coefficient (Wildman–Crippen LogP) is 1.25. The smallest absolute Gasteiger partial charge is 0.326 e. The maximum Gasteiger partial charge on any atom is 0.326 e. The Hall–Kier alpha value is -2.35. The zero-order valence-corrected chi connectivity index (χ0v) is 9.67. The highest BCUT2D eigenvalue weighted by molar-refractivity contribution is 5.97. The molecule has 0 saturated carbocycles. The van der Waals surface area contributed by atoms with E-state index in [0.717, 1.165) is 0 Å². The lowest BCUT2D eigenvalue weighted by molar-refractivity contribution is -0.141. The van der Waals surface area contributed by atoms with Crippen molar-refractivity contribution >= 4 is 11.9 Å². The summed E-state index contributed by atoms with van der Waals surface area (Å²) in [5, 5.41) is 17.7. The molecule has 1 saturated heterocycles. The van der Waals surface area contributed by atoms with Crippen LogP contribution in [0.25, 0.3) is 0 Å². The standard InChI is InChI=1S/C13H12N2O3/c14-8-9-3-5-10(6-4-9)12(16)15-7-1-2-11(15)13(17)18/h3-6,11H,1-2,7H2,(H,17,18). The van der Waals surface area contributed by atoms with Gasteiger partial charge in [0.15, 0.2) is 0 Å². The van der Waals surface area contributed by atoms with E-state index in [1.807, 2.05) is 6.07 Å². The van der Waals surface area contributed by atoms with Crippen molar-refractivity contribution < 1.29 is 14.7 Å². The predicted molar refractivity (Wildman–Crippen MR) is 62.9 cm³/mol. The van der Waals surface area contributed by atoms with E-state index in [0.29, 0.717) is 30.5 Å². The zero-order chi connectivity index (χ0) is 13.1. The molecular weight excluding hydrogens is 232 g/mol. The lowest BCUT2D eigenvalue weighted by Crippen LogP contribution is -2.40. The van der Waals surface area contributed by atoms with Crippen molar-refractivity contribution in [3.05, 3.63) is 35.4 Å². The van der Waals surface area contributed by atoms with Gasteiger partial charge in [-0.25, -0.2) is 4.79 Å². The minimum absolute atomic E-state index is 0.288. The molecule has 1 aliphatic rings. The van der Waals surface area contributed by atoms with Crippen molar-refractivity contribution in [2.24, 2.45) is 0 Å². The van der Waals surface area contributed by atoms with E-state index < -0.39 is 12.0 Å². The van der Waals surface area contributed by atoms with Crippen LogP contribution in [0, 0.1) is 11.3 Å². The molecule has 1 unspecified atom stereocenters. The van der Waals surface area contributed by atoms with Crippen molar-refractivity contribution in [1.82, 2.24) is 4.90 Å². The summed E-state index contributed by atoms with van der Waals surface area (Å²) in [6.07, 6.45) is 1.20. The highest BCUT2D eigenvalue weighted by atomic mass is 16.4. The summed E-state index contributed by atoms with van der Waals surface area (Å²) in [5.74, 6) is -1.25. The Morgan fingerprint density at radius 1 is 1.33 bits per heavy atom. The monoisotopic (exact) mass is 244 g/mol. The van der Waals surface area contributed by atoms with Crippen LogP contribution < -0.4 is 0 Å². The van der Waals surface area contributed by atoms with E-state index in [1.165, 1.54) is 4.90 Å². The number of carboxylic acid groups (broad SMARTS) is 1. The largest absolute Gasteiger partial charge is 0.480 e. The van der Waals surface area contributed by atoms with Crippen LogP contribution in [-0.2, 0) is 4.79 Å². The third-order valence-corrected chi connectivity index (χ3v) is 3.06. The van der Waals surface area contributed by atoms with Gasteiger partial charge in [-0.3, -0.25) is 4.79 Å². The van der Waals surface area contributed by atoms with Crippen molar-refractivity contribution in [3.63, 3.8) is 0 Å². The minimum Gasteiger partial charge on any atom is -0.480 e. The van der Waals surface area contributed by atoms with Crippen molar-refractivity contribution in [2.45, 2.75) is 18.9 Å². The lowest BCUT2D eigenvalue weighted by Gasteiger charge is -2.21. The van der Waals surface area contributed by atoms with E-state index in [4.69, 9.17) is 10.4 Å². The van der Waals surface area contributed by atoms with Gasteiger partial charge in [0.25, 0.3) is 5.91 Å². The fourth-order valence-electron chi connectivity index (χ4n) is 2.12. The first-order chi connectivity index (χ1) is 8.63. The van der Waals surface area contributed by atoms with Crippen molar-refractivity contribution in [3.8, 4) is 6.07 Å². The van der Waals surface area contributed by atoms with E-state index in [9.17, 15) is 9.59 Å². The van der Waals surface area contributed by atoms with Crippen LogP contribution in [0.1, 0.15) is 28.8 Å². The first kappa shape index (κ1) is 12.1. The minimum atomic E-state index is -0.963. The van der Waals surface area contributed by atoms with Crippen molar-refractivity contribution in [1.29, 1.82) is 5.26 Å². The molecule has 0 bridgehead atoms. The number of hydrogen-bond acceptors (Lipinski definition) is 3. The van der Waals surface area contributed by atoms with Gasteiger partial charge in [0.05, 0.1) is 11.6 Å². The third kappa shape index (κ3) is 2.18. The molecule has 1 aromatic carbocycles. The normalized spacial score (nSPS) is 18.4. The highest BCUT2D eigenvalue weighted by Gasteiger charge is 2.34. The van der Waals surface area contributed by atoms with Gasteiger partial charge in [-0.15, -0.1) is 0 Å². The van der Waals surface area contributed by atoms with Gasteiger partial charge in [0.2, 0.25) is 0 Å². The number of likely N-dealkylation sites (tertiary alicyclic amines) is 1. The second kappa shape index (κ2) is 4.88. The molecule has 2 rings (SSSR count). The summed E-state index contributed by atoms with van der Waals surface area (Å²) < 4.78 is 0. The number of nitriles is 1. The average Bonchev–Trinajstić information content (AvgIpc) is 2.87. The Bertz CT molecular complexity index is 516. The topological polar surface area (TPSA) is 81.4 Å². The highest BCUT2D eigenvalue weighted by Crippen LogP contribution is 2.20. The van der Waals surface area contributed by atoms with Crippen LogP contribution in [-0.4, -0.2) is 34.5 Å². The Morgan fingerprint density at radius 2 is 2.00 bits per heavy atom. The van der Waals surface area contributed by atoms with Crippen LogP contribution in [0.15, 0.2) is 24.3 Å². The Morgan fingerprint density at radius 3 is 2.56 bits per heavy atom. The molecule has 0 aliphatic carbocycles. The molecule has 1 N–H and O–H groups in total. The fourth-order valence-corrected chi connectivity index (χ4v) is 2.12. The number of aliphatic carboxylic acids is 1. The van der Waals surface area contributed by atoms with Crippen LogP contribution in [0.5, 0.6) is 0 Å². The van der Waals surface area contributed by atoms with Crippen LogP contribution in [0.4, 0.5) is 0 Å². The second-order valence-electron chi connectivity index (χ2n) is 4.18. The van der Waals surface area contributed by atoms with Gasteiger partial charge >= 0.3 is 5.97 Å². The van der Waals surface area contributed by atoms with Gasteiger partial charge < -0.3 is 10.0 Å². The van der Waals surface area contributed by atoms with Crippen molar-refractivity contribution in [2.75, 3.05) is 6.54 Å². The molecule has 92 valence electrons. The van der Waals surface area contributed by atoms with E-state index in [1.54, 1.807) is 24.3 Å². The summed E-state index contributed by atoms with van der Waals surface area (Å²) >= 11 is 0. The molecule has 1 heterocycles. The lowest BCUT2D eigenvalue weighted by atomic mass is 10.1. The van der Waals surface area contributed by atoms with E-state index in [-0.39, 0.29) is 5.91 Å². The van der Waals surface area contributed by atoms with Crippen LogP contribution >= 0.6 is 0 Å². The number of carboxylic acids is 1. The SMILES string of the molecule is N#Cc1ccc(C(=O)N2CCCC2C(=O)O)cc1. The number of rotatable bonds is 2. The molecule has 5 heteroatoms. The maximum atomic E-state index is 12.1. The Balaban J connectivity index is 2.20. The summed E-state index contributed by atoms with van der Waals surface area (Å²) in [5.41, 5.74) is 0.893. The second-order valence-corrected chi connectivity index (χ2v) is 4.18. The molecule has 1 aromatic rings. The molecule has 0 aromatic heterocycles. The number of benzene rings is 1. The van der Waals surface area contributed by atoms with Crippen LogP contribution in [0.2, 0.25) is 0 Å². The fraction of sp³-hybridized carbons (Fsp3) is 0.308. The molecule has 1 atom stereocenters. The molecule has 1 aliphatic heterocycles. The van der Waals surface area contributed by atoms with Gasteiger partial charge in [-0.1, -0.05) is 0 Å². The molecule has 18 heavy (non-hydrogen) atoms. The van der Waals surface area contributed by atoms with Gasteiger partial charge in [0.1, 0.15) is 6.04 Å². The summed E-state index contributed by atoms with van der Waals surface area (Å²) in [4.78, 5) is 24.5. The first-order valence-electron chi connectivity index (χ1n) is 5.67. The molecule has 1 amide bonds. The number of carbonyl (C=O) groups is 2. The summed E-state index contributed by atoms with van der Waals surface area (Å²) in [6.45, 7) is 0.468. The molecule has 0 spiro atoms. The number of carbonyl (C=O) groups excluding carboxylic acids is 1. The summed E-state index contributed by atoms with van der Waals surface area (Å²) in [7, 11) is 0.